The number of aromatic nitrogens is 3. The van der Waals surface area contributed by atoms with E-state index in [-0.39, 0.29) is 0 Å². The molecule has 0 aliphatic carbocycles. The molecule has 0 amide bonds. The standard InChI is InChI=1S/C11H21N5O/c1-5-7-16(8-6-2)11-13-9-12-10(14-11)15(3)17-4/h9H,5-8H2,1-4H3. The minimum atomic E-state index is 0.523. The Bertz CT molecular complexity index is 327. The van der Waals surface area contributed by atoms with Crippen LogP contribution in [0.25, 0.3) is 0 Å². The van der Waals surface area contributed by atoms with E-state index >= 15 is 0 Å². The van der Waals surface area contributed by atoms with Crippen LogP contribution < -0.4 is 9.96 Å². The van der Waals surface area contributed by atoms with Crippen molar-refractivity contribution in [1.82, 2.24) is 15.0 Å². The van der Waals surface area contributed by atoms with E-state index in [0.717, 1.165) is 25.9 Å². The van der Waals surface area contributed by atoms with Crippen molar-refractivity contribution in [3.05, 3.63) is 6.33 Å². The predicted octanol–water partition coefficient (Wildman–Crippen LogP) is 1.50. The quantitative estimate of drug-likeness (QED) is 0.672. The zero-order valence-electron chi connectivity index (χ0n) is 11.1. The highest BCUT2D eigenvalue weighted by molar-refractivity contribution is 5.35. The highest BCUT2D eigenvalue weighted by atomic mass is 16.7. The van der Waals surface area contributed by atoms with Gasteiger partial charge in [-0.3, -0.25) is 4.84 Å². The van der Waals surface area contributed by atoms with Crippen LogP contribution in [-0.2, 0) is 4.84 Å². The molecule has 0 saturated heterocycles. The number of hydrogen-bond donors (Lipinski definition) is 0. The van der Waals surface area contributed by atoms with Gasteiger partial charge in [-0.25, -0.2) is 10.0 Å². The molecular weight excluding hydrogens is 218 g/mol. The van der Waals surface area contributed by atoms with E-state index in [4.69, 9.17) is 4.84 Å². The summed E-state index contributed by atoms with van der Waals surface area (Å²) >= 11 is 0. The van der Waals surface area contributed by atoms with Crippen molar-refractivity contribution in [2.75, 3.05) is 37.2 Å². The zero-order chi connectivity index (χ0) is 12.7. The first-order valence-electron chi connectivity index (χ1n) is 5.94. The van der Waals surface area contributed by atoms with Gasteiger partial charge in [0.05, 0.1) is 7.11 Å². The molecule has 1 aromatic rings. The fraction of sp³-hybridized carbons (Fsp3) is 0.727. The van der Waals surface area contributed by atoms with Crippen molar-refractivity contribution in [1.29, 1.82) is 0 Å². The lowest BCUT2D eigenvalue weighted by Crippen LogP contribution is -2.28. The van der Waals surface area contributed by atoms with Gasteiger partial charge in [-0.1, -0.05) is 13.8 Å². The van der Waals surface area contributed by atoms with Crippen molar-refractivity contribution in [3.63, 3.8) is 0 Å². The Morgan fingerprint density at radius 3 is 2.24 bits per heavy atom. The second-order valence-corrected chi connectivity index (χ2v) is 3.75. The molecule has 0 unspecified atom stereocenters. The topological polar surface area (TPSA) is 54.4 Å². The van der Waals surface area contributed by atoms with Gasteiger partial charge in [0.2, 0.25) is 5.95 Å². The van der Waals surface area contributed by atoms with E-state index in [1.165, 1.54) is 11.4 Å². The van der Waals surface area contributed by atoms with E-state index in [1.54, 1.807) is 14.2 Å². The van der Waals surface area contributed by atoms with Crippen molar-refractivity contribution >= 4 is 11.9 Å². The van der Waals surface area contributed by atoms with E-state index < -0.39 is 0 Å². The Morgan fingerprint density at radius 1 is 1.12 bits per heavy atom. The fourth-order valence-electron chi connectivity index (χ4n) is 1.52. The third kappa shape index (κ3) is 3.81. The number of hydroxylamine groups is 1. The maximum Gasteiger partial charge on any atom is 0.254 e. The highest BCUT2D eigenvalue weighted by Crippen LogP contribution is 2.11. The Balaban J connectivity index is 2.87. The van der Waals surface area contributed by atoms with Crippen LogP contribution in [0.4, 0.5) is 11.9 Å². The molecule has 1 rings (SSSR count). The molecule has 0 aliphatic rings. The number of nitrogens with zero attached hydrogens (tertiary/aromatic N) is 5. The second-order valence-electron chi connectivity index (χ2n) is 3.75. The highest BCUT2D eigenvalue weighted by Gasteiger charge is 2.11. The van der Waals surface area contributed by atoms with Gasteiger partial charge < -0.3 is 4.90 Å². The molecule has 0 aromatic carbocycles. The summed E-state index contributed by atoms with van der Waals surface area (Å²) in [6, 6.07) is 0. The van der Waals surface area contributed by atoms with Crippen molar-refractivity contribution in [2.24, 2.45) is 0 Å². The Labute approximate surface area is 103 Å². The van der Waals surface area contributed by atoms with Crippen molar-refractivity contribution in [2.45, 2.75) is 26.7 Å². The first-order chi connectivity index (χ1) is 8.22. The van der Waals surface area contributed by atoms with Crippen LogP contribution in [0.2, 0.25) is 0 Å². The van der Waals surface area contributed by atoms with Crippen LogP contribution in [0.3, 0.4) is 0 Å². The average molecular weight is 239 g/mol. The van der Waals surface area contributed by atoms with Gasteiger partial charge in [-0.2, -0.15) is 9.97 Å². The Morgan fingerprint density at radius 2 is 1.71 bits per heavy atom. The van der Waals surface area contributed by atoms with E-state index in [1.807, 2.05) is 0 Å². The van der Waals surface area contributed by atoms with Crippen LogP contribution in [0.1, 0.15) is 26.7 Å². The van der Waals surface area contributed by atoms with Crippen LogP contribution >= 0.6 is 0 Å². The molecule has 0 fully saturated rings. The summed E-state index contributed by atoms with van der Waals surface area (Å²) in [5.74, 6) is 1.23. The minimum absolute atomic E-state index is 0.523. The summed E-state index contributed by atoms with van der Waals surface area (Å²) in [4.78, 5) is 19.9. The summed E-state index contributed by atoms with van der Waals surface area (Å²) in [5, 5.41) is 1.52. The maximum atomic E-state index is 5.05. The predicted molar refractivity (Wildman–Crippen MR) is 68.0 cm³/mol. The average Bonchev–Trinajstić information content (AvgIpc) is 2.37. The summed E-state index contributed by atoms with van der Waals surface area (Å²) in [7, 11) is 3.35. The van der Waals surface area contributed by atoms with Crippen molar-refractivity contribution < 1.29 is 4.84 Å². The largest absolute Gasteiger partial charge is 0.341 e. The van der Waals surface area contributed by atoms with Crippen molar-refractivity contribution in [3.8, 4) is 0 Å². The lowest BCUT2D eigenvalue weighted by Gasteiger charge is -2.22. The van der Waals surface area contributed by atoms with E-state index in [0.29, 0.717) is 11.9 Å². The fourth-order valence-corrected chi connectivity index (χ4v) is 1.52. The lowest BCUT2D eigenvalue weighted by atomic mass is 10.4. The van der Waals surface area contributed by atoms with Gasteiger partial charge in [-0.15, -0.1) is 0 Å². The maximum absolute atomic E-state index is 5.05. The molecule has 0 saturated carbocycles. The third-order valence-corrected chi connectivity index (χ3v) is 2.37. The number of anilines is 2. The van der Waals surface area contributed by atoms with Crippen LogP contribution in [0.5, 0.6) is 0 Å². The Hall–Kier alpha value is -1.43. The smallest absolute Gasteiger partial charge is 0.254 e. The van der Waals surface area contributed by atoms with Gasteiger partial charge >= 0.3 is 0 Å². The second kappa shape index (κ2) is 7.01. The van der Waals surface area contributed by atoms with Crippen LogP contribution in [0.15, 0.2) is 6.33 Å². The molecule has 0 atom stereocenters. The number of rotatable bonds is 7. The normalized spacial score (nSPS) is 10.4. The first-order valence-corrected chi connectivity index (χ1v) is 5.94. The SMILES string of the molecule is CCCN(CCC)c1ncnc(N(C)OC)n1. The monoisotopic (exact) mass is 239 g/mol. The van der Waals surface area contributed by atoms with Crippen LogP contribution in [0, 0.1) is 0 Å². The molecule has 1 aromatic heterocycles. The molecule has 0 N–H and O–H groups in total. The minimum Gasteiger partial charge on any atom is -0.341 e. The van der Waals surface area contributed by atoms with Gasteiger partial charge in [0.1, 0.15) is 6.33 Å². The third-order valence-electron chi connectivity index (χ3n) is 2.37. The molecule has 96 valence electrons. The summed E-state index contributed by atoms with van der Waals surface area (Å²) in [6.07, 6.45) is 3.66. The van der Waals surface area contributed by atoms with Crippen LogP contribution in [-0.4, -0.2) is 42.2 Å². The molecule has 0 aliphatic heterocycles. The summed E-state index contributed by atoms with van der Waals surface area (Å²) < 4.78 is 0. The van der Waals surface area contributed by atoms with Gasteiger partial charge in [0, 0.05) is 20.1 Å². The Kier molecular flexibility index (Phi) is 5.62. The first kappa shape index (κ1) is 13.6. The molecule has 6 heteroatoms. The van der Waals surface area contributed by atoms with Gasteiger partial charge in [0.25, 0.3) is 5.95 Å². The molecule has 0 radical (unpaired) electrons. The molecule has 0 spiro atoms. The lowest BCUT2D eigenvalue weighted by molar-refractivity contribution is 0.180. The van der Waals surface area contributed by atoms with Gasteiger partial charge in [0.15, 0.2) is 0 Å². The summed E-state index contributed by atoms with van der Waals surface area (Å²) in [6.45, 7) is 6.19. The van der Waals surface area contributed by atoms with E-state index in [2.05, 4.69) is 33.7 Å². The zero-order valence-corrected chi connectivity index (χ0v) is 11.1. The molecule has 0 bridgehead atoms. The molecular formula is C11H21N5O. The van der Waals surface area contributed by atoms with E-state index in [9.17, 15) is 0 Å². The summed E-state index contributed by atoms with van der Waals surface area (Å²) in [5.41, 5.74) is 0. The molecule has 6 nitrogen and oxygen atoms in total. The number of hydrogen-bond acceptors (Lipinski definition) is 6. The molecule has 17 heavy (non-hydrogen) atoms. The molecule has 1 heterocycles. The van der Waals surface area contributed by atoms with Gasteiger partial charge in [-0.05, 0) is 12.8 Å².